The fourth-order valence-corrected chi connectivity index (χ4v) is 2.90. The molecule has 0 bridgehead atoms. The van der Waals surface area contributed by atoms with Crippen LogP contribution in [0, 0.1) is 18.3 Å². The normalized spacial score (nSPS) is 20.0. The van der Waals surface area contributed by atoms with E-state index in [0.717, 1.165) is 24.9 Å². The van der Waals surface area contributed by atoms with E-state index in [-0.39, 0.29) is 0 Å². The highest BCUT2D eigenvalue weighted by Crippen LogP contribution is 2.27. The SMILES string of the molecule is C#CCCCC(NCC)C1CCCCCC1. The highest BCUT2D eigenvalue weighted by Gasteiger charge is 2.21. The van der Waals surface area contributed by atoms with Gasteiger partial charge in [0.05, 0.1) is 0 Å². The van der Waals surface area contributed by atoms with Gasteiger partial charge >= 0.3 is 0 Å². The van der Waals surface area contributed by atoms with E-state index in [9.17, 15) is 0 Å². The van der Waals surface area contributed by atoms with Crippen molar-refractivity contribution in [3.63, 3.8) is 0 Å². The summed E-state index contributed by atoms with van der Waals surface area (Å²) in [7, 11) is 0. The van der Waals surface area contributed by atoms with E-state index in [1.54, 1.807) is 0 Å². The third kappa shape index (κ3) is 5.03. The Balaban J connectivity index is 2.36. The van der Waals surface area contributed by atoms with Gasteiger partial charge in [0.25, 0.3) is 0 Å². The molecule has 0 radical (unpaired) electrons. The summed E-state index contributed by atoms with van der Waals surface area (Å²) in [6, 6.07) is 0.719. The Morgan fingerprint density at radius 1 is 1.25 bits per heavy atom. The molecule has 0 saturated heterocycles. The number of terminal acetylenes is 1. The summed E-state index contributed by atoms with van der Waals surface area (Å²) in [5, 5.41) is 3.67. The van der Waals surface area contributed by atoms with Crippen LogP contribution in [0.25, 0.3) is 0 Å². The molecular weight excluding hydrogens is 194 g/mol. The maximum atomic E-state index is 5.32. The summed E-state index contributed by atoms with van der Waals surface area (Å²) in [5.41, 5.74) is 0. The largest absolute Gasteiger partial charge is 0.314 e. The molecule has 0 aromatic rings. The van der Waals surface area contributed by atoms with Crippen LogP contribution in [-0.4, -0.2) is 12.6 Å². The predicted molar refractivity (Wildman–Crippen MR) is 71.3 cm³/mol. The fourth-order valence-electron chi connectivity index (χ4n) is 2.90. The second-order valence-corrected chi connectivity index (χ2v) is 5.01. The van der Waals surface area contributed by atoms with Crippen molar-refractivity contribution in [1.82, 2.24) is 5.32 Å². The quantitative estimate of drug-likeness (QED) is 0.409. The van der Waals surface area contributed by atoms with Crippen molar-refractivity contribution in [2.45, 2.75) is 70.8 Å². The summed E-state index contributed by atoms with van der Waals surface area (Å²) in [6.45, 7) is 3.31. The minimum absolute atomic E-state index is 0.719. The van der Waals surface area contributed by atoms with Crippen LogP contribution >= 0.6 is 0 Å². The lowest BCUT2D eigenvalue weighted by Crippen LogP contribution is -2.36. The van der Waals surface area contributed by atoms with Gasteiger partial charge in [-0.2, -0.15) is 0 Å². The van der Waals surface area contributed by atoms with Crippen molar-refractivity contribution >= 4 is 0 Å². The molecule has 1 nitrogen and oxygen atoms in total. The molecule has 16 heavy (non-hydrogen) atoms. The van der Waals surface area contributed by atoms with Crippen molar-refractivity contribution in [2.24, 2.45) is 5.92 Å². The highest BCUT2D eigenvalue weighted by molar-refractivity contribution is 4.85. The van der Waals surface area contributed by atoms with Crippen LogP contribution in [0.3, 0.4) is 0 Å². The summed E-state index contributed by atoms with van der Waals surface area (Å²) < 4.78 is 0. The zero-order valence-electron chi connectivity index (χ0n) is 10.8. The van der Waals surface area contributed by atoms with Crippen LogP contribution < -0.4 is 5.32 Å². The lowest BCUT2D eigenvalue weighted by molar-refractivity contribution is 0.305. The molecule has 1 rings (SSSR count). The lowest BCUT2D eigenvalue weighted by atomic mass is 9.88. The summed E-state index contributed by atoms with van der Waals surface area (Å²) in [6.07, 6.45) is 17.3. The lowest BCUT2D eigenvalue weighted by Gasteiger charge is -2.26. The molecule has 0 aromatic heterocycles. The third-order valence-corrected chi connectivity index (χ3v) is 3.77. The first kappa shape index (κ1) is 13.6. The molecule has 1 saturated carbocycles. The standard InChI is InChI=1S/C15H27N/c1-3-5-8-13-15(16-4-2)14-11-9-6-7-10-12-14/h1,14-16H,4-13H2,2H3. The molecule has 1 unspecified atom stereocenters. The van der Waals surface area contributed by atoms with Gasteiger partial charge in [0.15, 0.2) is 0 Å². The molecule has 1 aliphatic carbocycles. The first-order valence-corrected chi connectivity index (χ1v) is 7.05. The molecule has 1 fully saturated rings. The van der Waals surface area contributed by atoms with E-state index in [1.807, 2.05) is 0 Å². The predicted octanol–water partition coefficient (Wildman–Crippen LogP) is 3.74. The first-order chi connectivity index (χ1) is 7.88. The fraction of sp³-hybridized carbons (Fsp3) is 0.867. The van der Waals surface area contributed by atoms with Crippen LogP contribution in [-0.2, 0) is 0 Å². The number of rotatable bonds is 6. The van der Waals surface area contributed by atoms with Gasteiger partial charge in [-0.05, 0) is 38.1 Å². The molecule has 0 aliphatic heterocycles. The van der Waals surface area contributed by atoms with Crippen molar-refractivity contribution in [1.29, 1.82) is 0 Å². The van der Waals surface area contributed by atoms with Gasteiger partial charge in [-0.1, -0.05) is 32.6 Å². The number of hydrogen-bond donors (Lipinski definition) is 1. The molecule has 0 amide bonds. The Morgan fingerprint density at radius 2 is 1.94 bits per heavy atom. The Morgan fingerprint density at radius 3 is 2.50 bits per heavy atom. The van der Waals surface area contributed by atoms with Crippen molar-refractivity contribution in [3.05, 3.63) is 0 Å². The van der Waals surface area contributed by atoms with Gasteiger partial charge in [-0.15, -0.1) is 12.3 Å². The van der Waals surface area contributed by atoms with E-state index in [1.165, 1.54) is 51.4 Å². The average molecular weight is 221 g/mol. The second-order valence-electron chi connectivity index (χ2n) is 5.01. The summed E-state index contributed by atoms with van der Waals surface area (Å²) in [5.74, 6) is 3.66. The summed E-state index contributed by atoms with van der Waals surface area (Å²) >= 11 is 0. The van der Waals surface area contributed by atoms with Crippen LogP contribution in [0.5, 0.6) is 0 Å². The maximum Gasteiger partial charge on any atom is 0.00955 e. The van der Waals surface area contributed by atoms with Gasteiger partial charge in [-0.25, -0.2) is 0 Å². The highest BCUT2D eigenvalue weighted by atomic mass is 14.9. The minimum atomic E-state index is 0.719. The topological polar surface area (TPSA) is 12.0 Å². The van der Waals surface area contributed by atoms with Crippen LogP contribution in [0.15, 0.2) is 0 Å². The Kier molecular flexibility index (Phi) is 7.34. The molecular formula is C15H27N. The van der Waals surface area contributed by atoms with Crippen LogP contribution in [0.4, 0.5) is 0 Å². The van der Waals surface area contributed by atoms with Gasteiger partial charge in [-0.3, -0.25) is 0 Å². The number of hydrogen-bond acceptors (Lipinski definition) is 1. The minimum Gasteiger partial charge on any atom is -0.314 e. The molecule has 1 N–H and O–H groups in total. The molecule has 92 valence electrons. The molecule has 1 aliphatic rings. The van der Waals surface area contributed by atoms with E-state index in [0.29, 0.717) is 0 Å². The molecule has 0 spiro atoms. The van der Waals surface area contributed by atoms with E-state index in [2.05, 4.69) is 18.2 Å². The Hall–Kier alpha value is -0.480. The molecule has 0 aromatic carbocycles. The molecule has 0 heterocycles. The van der Waals surface area contributed by atoms with Crippen molar-refractivity contribution in [3.8, 4) is 12.3 Å². The van der Waals surface area contributed by atoms with Gasteiger partial charge in [0, 0.05) is 12.5 Å². The van der Waals surface area contributed by atoms with Crippen LogP contribution in [0.2, 0.25) is 0 Å². The first-order valence-electron chi connectivity index (χ1n) is 7.05. The average Bonchev–Trinajstić information content (AvgIpc) is 2.57. The Bertz CT molecular complexity index is 196. The van der Waals surface area contributed by atoms with Gasteiger partial charge < -0.3 is 5.32 Å². The van der Waals surface area contributed by atoms with Crippen molar-refractivity contribution in [2.75, 3.05) is 6.54 Å². The zero-order chi connectivity index (χ0) is 11.6. The Labute approximate surface area is 101 Å². The van der Waals surface area contributed by atoms with Crippen molar-refractivity contribution < 1.29 is 0 Å². The second kappa shape index (κ2) is 8.65. The number of nitrogens with one attached hydrogen (secondary N) is 1. The smallest absolute Gasteiger partial charge is 0.00955 e. The van der Waals surface area contributed by atoms with Gasteiger partial charge in [0.2, 0.25) is 0 Å². The van der Waals surface area contributed by atoms with E-state index < -0.39 is 0 Å². The van der Waals surface area contributed by atoms with Crippen LogP contribution in [0.1, 0.15) is 64.7 Å². The monoisotopic (exact) mass is 221 g/mol. The number of unbranched alkanes of at least 4 members (excludes halogenated alkanes) is 1. The molecule has 1 heteroatoms. The van der Waals surface area contributed by atoms with E-state index >= 15 is 0 Å². The third-order valence-electron chi connectivity index (χ3n) is 3.77. The summed E-state index contributed by atoms with van der Waals surface area (Å²) in [4.78, 5) is 0. The molecule has 1 atom stereocenters. The van der Waals surface area contributed by atoms with E-state index in [4.69, 9.17) is 6.42 Å². The zero-order valence-corrected chi connectivity index (χ0v) is 10.8. The van der Waals surface area contributed by atoms with Gasteiger partial charge in [0.1, 0.15) is 0 Å². The maximum absolute atomic E-state index is 5.32.